The minimum absolute atomic E-state index is 0.0680. The van der Waals surface area contributed by atoms with Crippen LogP contribution in [-0.4, -0.2) is 44.8 Å². The van der Waals surface area contributed by atoms with Crippen LogP contribution in [0.3, 0.4) is 0 Å². The number of hydrogen-bond donors (Lipinski definition) is 2. The lowest BCUT2D eigenvalue weighted by Gasteiger charge is -2.57. The SMILES string of the molecule is O=C(O)CCC(=O)N(C1CC1)[C@@]12CCC[C@@H]1Cc1ccccc1[N@@+]2(Cc1ccc(F)cc1)C(=O)O. The highest BCUT2D eigenvalue weighted by Gasteiger charge is 2.71. The van der Waals surface area contributed by atoms with Gasteiger partial charge in [-0.15, -0.1) is 0 Å². The van der Waals surface area contributed by atoms with Gasteiger partial charge in [0, 0.05) is 42.0 Å². The number of halogens is 1. The van der Waals surface area contributed by atoms with Crippen LogP contribution in [0.1, 0.15) is 56.1 Å². The van der Waals surface area contributed by atoms with Gasteiger partial charge in [-0.3, -0.25) is 14.5 Å². The standard InChI is InChI=1S/C27H29FN2O5/c28-21-9-7-18(8-10-21)17-30(26(34)35)23-6-2-1-4-19(23)16-20-5-3-15-27(20,30)29(22-11-12-22)24(31)13-14-25(32)33/h1-2,4,6-10,20,22H,3,5,11-17H2,(H-,32,33,34,35)/p+1/t20-,27-,30+/m1/s1. The van der Waals surface area contributed by atoms with E-state index in [0.717, 1.165) is 31.2 Å². The molecule has 2 aliphatic carbocycles. The second-order valence-corrected chi connectivity index (χ2v) is 10.1. The topological polar surface area (TPSA) is 94.9 Å². The Morgan fingerprint density at radius 1 is 1.00 bits per heavy atom. The second kappa shape index (κ2) is 8.75. The molecule has 0 unspecified atom stereocenters. The molecule has 2 amide bonds. The van der Waals surface area contributed by atoms with Crippen LogP contribution >= 0.6 is 0 Å². The number of carboxylic acids is 1. The van der Waals surface area contributed by atoms with E-state index in [0.29, 0.717) is 24.1 Å². The number of carbonyl (C=O) groups is 3. The van der Waals surface area contributed by atoms with Crippen molar-refractivity contribution < 1.29 is 29.0 Å². The van der Waals surface area contributed by atoms with Crippen molar-refractivity contribution in [3.8, 4) is 0 Å². The Balaban J connectivity index is 1.74. The lowest BCUT2D eigenvalue weighted by Crippen LogP contribution is -2.79. The Morgan fingerprint density at radius 3 is 2.37 bits per heavy atom. The van der Waals surface area contributed by atoms with Crippen LogP contribution in [0.2, 0.25) is 0 Å². The maximum Gasteiger partial charge on any atom is 0.521 e. The van der Waals surface area contributed by atoms with Crippen LogP contribution in [0.4, 0.5) is 14.9 Å². The molecule has 0 saturated heterocycles. The van der Waals surface area contributed by atoms with Gasteiger partial charge in [-0.05, 0) is 44.2 Å². The number of amides is 2. The van der Waals surface area contributed by atoms with Crippen LogP contribution in [0.25, 0.3) is 0 Å². The Labute approximate surface area is 203 Å². The molecule has 35 heavy (non-hydrogen) atoms. The number of carbonyl (C=O) groups excluding carboxylic acids is 1. The third-order valence-electron chi connectivity index (χ3n) is 8.09. The Kier molecular flexibility index (Phi) is 5.87. The molecule has 1 aliphatic heterocycles. The number of para-hydroxylation sites is 1. The van der Waals surface area contributed by atoms with Crippen LogP contribution in [0.15, 0.2) is 48.5 Å². The minimum Gasteiger partial charge on any atom is -0.481 e. The molecule has 0 bridgehead atoms. The predicted octanol–water partition coefficient (Wildman–Crippen LogP) is 4.92. The summed E-state index contributed by atoms with van der Waals surface area (Å²) < 4.78 is 13.3. The van der Waals surface area contributed by atoms with Crippen molar-refractivity contribution in [2.24, 2.45) is 5.92 Å². The van der Waals surface area contributed by atoms with E-state index in [1.54, 1.807) is 17.0 Å². The van der Waals surface area contributed by atoms with Crippen molar-refractivity contribution in [2.45, 2.75) is 69.6 Å². The quantitative estimate of drug-likeness (QED) is 0.548. The highest BCUT2D eigenvalue weighted by atomic mass is 19.1. The molecular formula is C27H30FN2O5+. The summed E-state index contributed by atoms with van der Waals surface area (Å²) in [5.74, 6) is -1.81. The van der Waals surface area contributed by atoms with Crippen LogP contribution in [-0.2, 0) is 22.6 Å². The third-order valence-corrected chi connectivity index (χ3v) is 8.09. The van der Waals surface area contributed by atoms with E-state index in [1.165, 1.54) is 12.1 Å². The molecule has 0 aromatic heterocycles. The summed E-state index contributed by atoms with van der Waals surface area (Å²) in [6.07, 6.45) is 2.84. The summed E-state index contributed by atoms with van der Waals surface area (Å²) in [5.41, 5.74) is 1.24. The van der Waals surface area contributed by atoms with E-state index in [1.807, 2.05) is 24.3 Å². The molecular weight excluding hydrogens is 451 g/mol. The monoisotopic (exact) mass is 481 g/mol. The Morgan fingerprint density at radius 2 is 1.71 bits per heavy atom. The largest absolute Gasteiger partial charge is 0.521 e. The molecule has 2 saturated carbocycles. The number of aliphatic carboxylic acids is 1. The van der Waals surface area contributed by atoms with Crippen molar-refractivity contribution in [1.82, 2.24) is 9.38 Å². The number of hydrogen-bond acceptors (Lipinski definition) is 3. The highest BCUT2D eigenvalue weighted by molar-refractivity contribution is 5.88. The number of fused-ring (bicyclic) bond motifs is 2. The van der Waals surface area contributed by atoms with E-state index in [4.69, 9.17) is 0 Å². The zero-order valence-electron chi connectivity index (χ0n) is 19.5. The van der Waals surface area contributed by atoms with Crippen molar-refractivity contribution in [3.05, 3.63) is 65.5 Å². The maximum atomic E-state index is 13.7. The molecule has 3 aliphatic rings. The zero-order chi connectivity index (χ0) is 24.8. The van der Waals surface area contributed by atoms with E-state index in [-0.39, 0.29) is 37.3 Å². The fourth-order valence-electron chi connectivity index (χ4n) is 6.67. The van der Waals surface area contributed by atoms with Gasteiger partial charge >= 0.3 is 12.1 Å². The summed E-state index contributed by atoms with van der Waals surface area (Å²) in [6.45, 7) is 0.0680. The van der Waals surface area contributed by atoms with Gasteiger partial charge in [0.2, 0.25) is 5.91 Å². The smallest absolute Gasteiger partial charge is 0.481 e. The molecule has 2 N–H and O–H groups in total. The summed E-state index contributed by atoms with van der Waals surface area (Å²) in [7, 11) is 0. The summed E-state index contributed by atoms with van der Waals surface area (Å²) >= 11 is 0. The molecule has 1 heterocycles. The van der Waals surface area contributed by atoms with Crippen LogP contribution < -0.4 is 4.48 Å². The molecule has 2 aromatic rings. The van der Waals surface area contributed by atoms with Gasteiger partial charge in [0.15, 0.2) is 5.66 Å². The number of rotatable bonds is 7. The van der Waals surface area contributed by atoms with Crippen molar-refractivity contribution >= 4 is 23.7 Å². The fraction of sp³-hybridized carbons (Fsp3) is 0.444. The summed E-state index contributed by atoms with van der Waals surface area (Å²) in [4.78, 5) is 40.3. The second-order valence-electron chi connectivity index (χ2n) is 10.1. The lowest BCUT2D eigenvalue weighted by atomic mass is 9.78. The minimum atomic E-state index is -1.05. The normalized spacial score (nSPS) is 27.1. The number of quaternary nitrogens is 1. The average molecular weight is 482 g/mol. The van der Waals surface area contributed by atoms with Crippen molar-refractivity contribution in [3.63, 3.8) is 0 Å². The van der Waals surface area contributed by atoms with Crippen LogP contribution in [0, 0.1) is 11.7 Å². The number of carboxylic acid groups (broad SMARTS) is 2. The maximum absolute atomic E-state index is 13.7. The summed E-state index contributed by atoms with van der Waals surface area (Å²) in [6, 6.07) is 13.3. The predicted molar refractivity (Wildman–Crippen MR) is 127 cm³/mol. The first kappa shape index (κ1) is 23.5. The number of nitrogens with zero attached hydrogens (tertiary/aromatic N) is 2. The summed E-state index contributed by atoms with van der Waals surface area (Å²) in [5, 5.41) is 20.3. The van der Waals surface area contributed by atoms with Gasteiger partial charge in [-0.1, -0.05) is 30.3 Å². The lowest BCUT2D eigenvalue weighted by molar-refractivity contribution is -0.155. The first-order chi connectivity index (χ1) is 16.8. The van der Waals surface area contributed by atoms with Gasteiger partial charge in [0.05, 0.1) is 6.42 Å². The van der Waals surface area contributed by atoms with E-state index in [9.17, 15) is 29.0 Å². The molecule has 0 spiro atoms. The Bertz CT molecular complexity index is 1160. The fourth-order valence-corrected chi connectivity index (χ4v) is 6.67. The molecule has 7 nitrogen and oxygen atoms in total. The van der Waals surface area contributed by atoms with Crippen LogP contribution in [0.5, 0.6) is 0 Å². The van der Waals surface area contributed by atoms with Gasteiger partial charge in [0.25, 0.3) is 0 Å². The highest BCUT2D eigenvalue weighted by Crippen LogP contribution is 2.58. The number of benzene rings is 2. The van der Waals surface area contributed by atoms with E-state index in [2.05, 4.69) is 0 Å². The van der Waals surface area contributed by atoms with Gasteiger partial charge < -0.3 is 10.2 Å². The molecule has 3 atom stereocenters. The van der Waals surface area contributed by atoms with Gasteiger partial charge in [-0.2, -0.15) is 9.28 Å². The molecule has 2 fully saturated rings. The molecule has 184 valence electrons. The third kappa shape index (κ3) is 3.71. The van der Waals surface area contributed by atoms with Gasteiger partial charge in [0.1, 0.15) is 18.0 Å². The van der Waals surface area contributed by atoms with Crippen molar-refractivity contribution in [1.29, 1.82) is 0 Å². The Hall–Kier alpha value is -3.26. The van der Waals surface area contributed by atoms with E-state index < -0.39 is 28.0 Å². The van der Waals surface area contributed by atoms with Crippen molar-refractivity contribution in [2.75, 3.05) is 0 Å². The molecule has 5 rings (SSSR count). The van der Waals surface area contributed by atoms with Gasteiger partial charge in [-0.25, -0.2) is 4.39 Å². The molecule has 0 radical (unpaired) electrons. The zero-order valence-corrected chi connectivity index (χ0v) is 19.5. The first-order valence-electron chi connectivity index (χ1n) is 12.3. The first-order valence-corrected chi connectivity index (χ1v) is 12.3. The van der Waals surface area contributed by atoms with E-state index >= 15 is 0 Å². The molecule has 8 heteroatoms. The molecule has 2 aromatic carbocycles. The average Bonchev–Trinajstić information content (AvgIpc) is 3.57.